The Labute approximate surface area is 103 Å². The van der Waals surface area contributed by atoms with Gasteiger partial charge in [-0.2, -0.15) is 5.26 Å². The molecule has 0 saturated heterocycles. The molecule has 1 N–H and O–H groups in total. The van der Waals surface area contributed by atoms with Gasteiger partial charge in [0.05, 0.1) is 18.6 Å². The van der Waals surface area contributed by atoms with E-state index in [1.807, 2.05) is 31.2 Å². The molecule has 2 atom stereocenters. The van der Waals surface area contributed by atoms with Gasteiger partial charge in [0.2, 0.25) is 0 Å². The maximum atomic E-state index is 8.61. The maximum absolute atomic E-state index is 8.61. The summed E-state index contributed by atoms with van der Waals surface area (Å²) in [6.07, 6.45) is 1.71. The van der Waals surface area contributed by atoms with Crippen molar-refractivity contribution >= 4 is 5.69 Å². The van der Waals surface area contributed by atoms with Gasteiger partial charge in [0, 0.05) is 17.8 Å². The summed E-state index contributed by atoms with van der Waals surface area (Å²) in [4.78, 5) is 0. The van der Waals surface area contributed by atoms with Gasteiger partial charge in [-0.1, -0.05) is 13.0 Å². The molecular formula is C14H20N2O. The highest BCUT2D eigenvalue weighted by Gasteiger charge is 2.04. The molecule has 0 spiro atoms. The first-order valence-corrected chi connectivity index (χ1v) is 6.06. The van der Waals surface area contributed by atoms with Gasteiger partial charge in [0.15, 0.2) is 0 Å². The number of anilines is 1. The first-order valence-electron chi connectivity index (χ1n) is 6.06. The van der Waals surface area contributed by atoms with Gasteiger partial charge in [0.25, 0.3) is 0 Å². The molecule has 2 unspecified atom stereocenters. The Morgan fingerprint density at radius 1 is 1.41 bits per heavy atom. The van der Waals surface area contributed by atoms with Crippen molar-refractivity contribution in [3.8, 4) is 11.8 Å². The summed E-state index contributed by atoms with van der Waals surface area (Å²) in [6, 6.07) is 10.2. The number of nitriles is 1. The predicted molar refractivity (Wildman–Crippen MR) is 70.1 cm³/mol. The van der Waals surface area contributed by atoms with Crippen LogP contribution in [0.4, 0.5) is 5.69 Å². The van der Waals surface area contributed by atoms with Crippen molar-refractivity contribution in [2.24, 2.45) is 0 Å². The van der Waals surface area contributed by atoms with Crippen LogP contribution in [0.15, 0.2) is 24.3 Å². The van der Waals surface area contributed by atoms with E-state index in [0.29, 0.717) is 6.42 Å². The number of ether oxygens (including phenoxy) is 1. The minimum Gasteiger partial charge on any atom is -0.491 e. The van der Waals surface area contributed by atoms with Gasteiger partial charge in [-0.05, 0) is 32.4 Å². The molecule has 1 aromatic rings. The van der Waals surface area contributed by atoms with Crippen molar-refractivity contribution < 1.29 is 4.74 Å². The Hall–Kier alpha value is -1.69. The minimum absolute atomic E-state index is 0.152. The normalized spacial score (nSPS) is 13.5. The molecule has 3 heteroatoms. The highest BCUT2D eigenvalue weighted by Crippen LogP contribution is 2.20. The average Bonchev–Trinajstić information content (AvgIpc) is 2.29. The Balaban J connectivity index is 2.63. The van der Waals surface area contributed by atoms with E-state index in [9.17, 15) is 0 Å². The number of nitrogens with one attached hydrogen (secondary N) is 1. The highest BCUT2D eigenvalue weighted by atomic mass is 16.5. The number of nitrogens with zero attached hydrogens (tertiary/aromatic N) is 1. The zero-order valence-corrected chi connectivity index (χ0v) is 10.7. The third-order valence-corrected chi connectivity index (χ3v) is 2.56. The van der Waals surface area contributed by atoms with Gasteiger partial charge in [-0.15, -0.1) is 0 Å². The second kappa shape index (κ2) is 6.80. The summed E-state index contributed by atoms with van der Waals surface area (Å²) in [5, 5.41) is 11.9. The van der Waals surface area contributed by atoms with Crippen molar-refractivity contribution in [3.63, 3.8) is 0 Å². The third kappa shape index (κ3) is 4.78. The van der Waals surface area contributed by atoms with Crippen molar-refractivity contribution in [3.05, 3.63) is 24.3 Å². The van der Waals surface area contributed by atoms with E-state index >= 15 is 0 Å². The molecule has 0 amide bonds. The molecule has 1 rings (SSSR count). The molecular weight excluding hydrogens is 212 g/mol. The minimum atomic E-state index is 0.152. The van der Waals surface area contributed by atoms with E-state index in [1.165, 1.54) is 0 Å². The summed E-state index contributed by atoms with van der Waals surface area (Å²) in [7, 11) is 0. The summed E-state index contributed by atoms with van der Waals surface area (Å²) in [6.45, 7) is 6.14. The van der Waals surface area contributed by atoms with E-state index in [-0.39, 0.29) is 12.1 Å². The molecule has 0 heterocycles. The molecule has 0 aliphatic rings. The Morgan fingerprint density at radius 3 is 2.82 bits per heavy atom. The van der Waals surface area contributed by atoms with Crippen LogP contribution in [0.2, 0.25) is 0 Å². The summed E-state index contributed by atoms with van der Waals surface area (Å²) in [5.41, 5.74) is 0.994. The van der Waals surface area contributed by atoms with Crippen molar-refractivity contribution in [1.29, 1.82) is 5.26 Å². The number of hydrogen-bond donors (Lipinski definition) is 1. The predicted octanol–water partition coefficient (Wildman–Crippen LogP) is 3.58. The number of rotatable bonds is 6. The van der Waals surface area contributed by atoms with E-state index in [1.54, 1.807) is 0 Å². The average molecular weight is 232 g/mol. The lowest BCUT2D eigenvalue weighted by molar-refractivity contribution is 0.217. The highest BCUT2D eigenvalue weighted by molar-refractivity contribution is 5.48. The van der Waals surface area contributed by atoms with Crippen LogP contribution >= 0.6 is 0 Å². The quantitative estimate of drug-likeness (QED) is 0.815. The van der Waals surface area contributed by atoms with Gasteiger partial charge in [-0.3, -0.25) is 0 Å². The smallest absolute Gasteiger partial charge is 0.121 e. The standard InChI is InChI=1S/C14H20N2O/c1-4-12(3)17-14-7-5-6-13(10-14)16-11(2)8-9-15/h5-7,10-12,16H,4,8H2,1-3H3. The monoisotopic (exact) mass is 232 g/mol. The van der Waals surface area contributed by atoms with Crippen LogP contribution in [0.25, 0.3) is 0 Å². The lowest BCUT2D eigenvalue weighted by Gasteiger charge is -2.15. The van der Waals surface area contributed by atoms with Gasteiger partial charge in [-0.25, -0.2) is 0 Å². The van der Waals surface area contributed by atoms with Crippen LogP contribution in [0.3, 0.4) is 0 Å². The van der Waals surface area contributed by atoms with Crippen LogP contribution in [-0.2, 0) is 0 Å². The summed E-state index contributed by atoms with van der Waals surface area (Å²) < 4.78 is 5.74. The van der Waals surface area contributed by atoms with Crippen molar-refractivity contribution in [1.82, 2.24) is 0 Å². The Kier molecular flexibility index (Phi) is 5.35. The number of benzene rings is 1. The first-order chi connectivity index (χ1) is 8.15. The zero-order valence-electron chi connectivity index (χ0n) is 10.7. The maximum Gasteiger partial charge on any atom is 0.121 e. The van der Waals surface area contributed by atoms with E-state index in [0.717, 1.165) is 17.9 Å². The van der Waals surface area contributed by atoms with Crippen LogP contribution in [0, 0.1) is 11.3 Å². The van der Waals surface area contributed by atoms with Crippen LogP contribution in [0.5, 0.6) is 5.75 Å². The molecule has 0 aliphatic heterocycles. The first kappa shape index (κ1) is 13.4. The molecule has 0 aliphatic carbocycles. The fourth-order valence-corrected chi connectivity index (χ4v) is 1.45. The van der Waals surface area contributed by atoms with Gasteiger partial charge >= 0.3 is 0 Å². The zero-order chi connectivity index (χ0) is 12.7. The number of hydrogen-bond acceptors (Lipinski definition) is 3. The summed E-state index contributed by atoms with van der Waals surface area (Å²) >= 11 is 0. The molecule has 0 radical (unpaired) electrons. The fraction of sp³-hybridized carbons (Fsp3) is 0.500. The lowest BCUT2D eigenvalue weighted by atomic mass is 10.2. The van der Waals surface area contributed by atoms with Crippen molar-refractivity contribution in [2.75, 3.05) is 5.32 Å². The van der Waals surface area contributed by atoms with Crippen molar-refractivity contribution in [2.45, 2.75) is 45.8 Å². The molecule has 92 valence electrons. The molecule has 0 bridgehead atoms. The Morgan fingerprint density at radius 2 is 2.18 bits per heavy atom. The Bertz CT molecular complexity index is 384. The van der Waals surface area contributed by atoms with E-state index in [4.69, 9.17) is 10.00 Å². The third-order valence-electron chi connectivity index (χ3n) is 2.56. The second-order valence-corrected chi connectivity index (χ2v) is 4.27. The molecule has 0 saturated carbocycles. The lowest BCUT2D eigenvalue weighted by Crippen LogP contribution is -2.14. The van der Waals surface area contributed by atoms with Gasteiger partial charge in [0.1, 0.15) is 5.75 Å². The van der Waals surface area contributed by atoms with E-state index in [2.05, 4.69) is 25.2 Å². The van der Waals surface area contributed by atoms with Crippen LogP contribution < -0.4 is 10.1 Å². The fourth-order valence-electron chi connectivity index (χ4n) is 1.45. The molecule has 1 aromatic carbocycles. The SMILES string of the molecule is CCC(C)Oc1cccc(NC(C)CC#N)c1. The van der Waals surface area contributed by atoms with E-state index < -0.39 is 0 Å². The molecule has 0 aromatic heterocycles. The topological polar surface area (TPSA) is 45.0 Å². The van der Waals surface area contributed by atoms with Crippen LogP contribution in [0.1, 0.15) is 33.6 Å². The second-order valence-electron chi connectivity index (χ2n) is 4.27. The molecule has 3 nitrogen and oxygen atoms in total. The van der Waals surface area contributed by atoms with Gasteiger partial charge < -0.3 is 10.1 Å². The van der Waals surface area contributed by atoms with Crippen LogP contribution in [-0.4, -0.2) is 12.1 Å². The largest absolute Gasteiger partial charge is 0.491 e. The molecule has 0 fully saturated rings. The summed E-state index contributed by atoms with van der Waals surface area (Å²) in [5.74, 6) is 0.869. The molecule has 17 heavy (non-hydrogen) atoms.